The standard InChI is InChI=1S/2C26H23N5/c1-18-8-6-7-11-22(18)21-12-13-24-23(16-21)28-17-31(24)25-14-15-27-26(30-25)29-19(2)20-9-4-3-5-10-20;1-18-8-6-7-11-22(18)21-12-13-23-24(16-21)31(17-28-23)25-14-15-27-26(30-25)29-19(2)20-9-4-3-5-10-20/h2*3-17,19H,1-2H3,(H,27,29,30)/t2*19-/m00/s1. The number of nitrogens with zero attached hydrogens (tertiary/aromatic N) is 8. The highest BCUT2D eigenvalue weighted by molar-refractivity contribution is 5.85. The average molecular weight is 811 g/mol. The average Bonchev–Trinajstić information content (AvgIpc) is 3.95. The molecule has 304 valence electrons. The van der Waals surface area contributed by atoms with E-state index in [4.69, 9.17) is 9.97 Å². The van der Waals surface area contributed by atoms with E-state index in [1.54, 1.807) is 12.4 Å². The van der Waals surface area contributed by atoms with Crippen molar-refractivity contribution in [1.82, 2.24) is 39.0 Å². The summed E-state index contributed by atoms with van der Waals surface area (Å²) in [5.74, 6) is 2.74. The van der Waals surface area contributed by atoms with E-state index in [0.717, 1.165) is 44.8 Å². The van der Waals surface area contributed by atoms with Gasteiger partial charge in [-0.15, -0.1) is 0 Å². The van der Waals surface area contributed by atoms with Crippen molar-refractivity contribution in [3.63, 3.8) is 0 Å². The van der Waals surface area contributed by atoms with Crippen molar-refractivity contribution >= 4 is 34.0 Å². The van der Waals surface area contributed by atoms with E-state index in [0.29, 0.717) is 11.9 Å². The first-order valence-electron chi connectivity index (χ1n) is 20.7. The minimum absolute atomic E-state index is 0.101. The van der Waals surface area contributed by atoms with Gasteiger partial charge in [-0.25, -0.2) is 19.9 Å². The summed E-state index contributed by atoms with van der Waals surface area (Å²) >= 11 is 0. The van der Waals surface area contributed by atoms with Crippen LogP contribution in [0.1, 0.15) is 48.2 Å². The Morgan fingerprint density at radius 1 is 0.435 bits per heavy atom. The molecule has 10 heteroatoms. The first kappa shape index (κ1) is 39.5. The molecule has 0 radical (unpaired) electrons. The highest BCUT2D eigenvalue weighted by Crippen LogP contribution is 2.30. The predicted octanol–water partition coefficient (Wildman–Crippen LogP) is 11.9. The zero-order valence-electron chi connectivity index (χ0n) is 35.1. The molecule has 0 aliphatic carbocycles. The Hall–Kier alpha value is -7.98. The molecule has 0 unspecified atom stereocenters. The Morgan fingerprint density at radius 2 is 0.903 bits per heavy atom. The number of aromatic nitrogens is 8. The molecule has 0 saturated carbocycles. The Bertz CT molecular complexity index is 3100. The molecule has 0 fully saturated rings. The molecule has 0 bridgehead atoms. The lowest BCUT2D eigenvalue weighted by molar-refractivity contribution is 0.854. The molecule has 0 spiro atoms. The Kier molecular flexibility index (Phi) is 11.3. The van der Waals surface area contributed by atoms with Crippen LogP contribution in [0.5, 0.6) is 0 Å². The number of imidazole rings is 2. The van der Waals surface area contributed by atoms with Crippen LogP contribution in [0.3, 0.4) is 0 Å². The van der Waals surface area contributed by atoms with Crippen molar-refractivity contribution in [2.45, 2.75) is 39.8 Å². The van der Waals surface area contributed by atoms with E-state index in [-0.39, 0.29) is 12.1 Å². The largest absolute Gasteiger partial charge is 0.348 e. The summed E-state index contributed by atoms with van der Waals surface area (Å²) < 4.78 is 4.01. The monoisotopic (exact) mass is 810 g/mol. The van der Waals surface area contributed by atoms with Crippen molar-refractivity contribution in [3.05, 3.63) is 205 Å². The number of anilines is 2. The van der Waals surface area contributed by atoms with Gasteiger partial charge >= 0.3 is 0 Å². The molecule has 6 aromatic carbocycles. The zero-order valence-corrected chi connectivity index (χ0v) is 35.1. The second-order valence-electron chi connectivity index (χ2n) is 15.3. The molecular weight excluding hydrogens is 765 g/mol. The highest BCUT2D eigenvalue weighted by atomic mass is 15.2. The van der Waals surface area contributed by atoms with Crippen molar-refractivity contribution in [3.8, 4) is 33.9 Å². The van der Waals surface area contributed by atoms with Gasteiger partial charge in [0.05, 0.1) is 34.2 Å². The van der Waals surface area contributed by atoms with Crippen LogP contribution in [0.4, 0.5) is 11.9 Å². The second-order valence-corrected chi connectivity index (χ2v) is 15.3. The Morgan fingerprint density at radius 3 is 1.45 bits per heavy atom. The van der Waals surface area contributed by atoms with E-state index in [1.165, 1.54) is 33.4 Å². The van der Waals surface area contributed by atoms with Gasteiger partial charge in [0.2, 0.25) is 11.9 Å². The summed E-state index contributed by atoms with van der Waals surface area (Å²) in [5.41, 5.74) is 13.5. The second kappa shape index (κ2) is 17.7. The van der Waals surface area contributed by atoms with Gasteiger partial charge in [-0.1, -0.05) is 121 Å². The van der Waals surface area contributed by atoms with Crippen LogP contribution >= 0.6 is 0 Å². The van der Waals surface area contributed by atoms with Crippen LogP contribution in [0.15, 0.2) is 183 Å². The number of benzene rings is 6. The zero-order chi connectivity index (χ0) is 42.4. The quantitative estimate of drug-likeness (QED) is 0.140. The number of nitrogens with one attached hydrogen (secondary N) is 2. The lowest BCUT2D eigenvalue weighted by atomic mass is 10.0. The summed E-state index contributed by atoms with van der Waals surface area (Å²) in [4.78, 5) is 27.5. The molecule has 10 nitrogen and oxygen atoms in total. The van der Waals surface area contributed by atoms with Gasteiger partial charge in [-0.05, 0) is 109 Å². The molecule has 0 saturated heterocycles. The van der Waals surface area contributed by atoms with E-state index in [1.807, 2.05) is 70.3 Å². The van der Waals surface area contributed by atoms with E-state index in [2.05, 4.69) is 167 Å². The third kappa shape index (κ3) is 8.53. The van der Waals surface area contributed by atoms with Crippen molar-refractivity contribution in [1.29, 1.82) is 0 Å². The van der Waals surface area contributed by atoms with Gasteiger partial charge in [0.15, 0.2) is 0 Å². The molecule has 10 aromatic rings. The van der Waals surface area contributed by atoms with Gasteiger partial charge in [0.1, 0.15) is 24.3 Å². The fourth-order valence-corrected chi connectivity index (χ4v) is 7.66. The maximum atomic E-state index is 4.75. The van der Waals surface area contributed by atoms with Gasteiger partial charge in [-0.2, -0.15) is 9.97 Å². The Labute approximate surface area is 361 Å². The first-order chi connectivity index (χ1) is 30.4. The number of fused-ring (bicyclic) bond motifs is 2. The topological polar surface area (TPSA) is 111 Å². The fourth-order valence-electron chi connectivity index (χ4n) is 7.66. The van der Waals surface area contributed by atoms with Gasteiger partial charge in [0.25, 0.3) is 0 Å². The van der Waals surface area contributed by atoms with Crippen molar-refractivity contribution in [2.24, 2.45) is 0 Å². The highest BCUT2D eigenvalue weighted by Gasteiger charge is 2.14. The molecule has 10 rings (SSSR count). The van der Waals surface area contributed by atoms with Crippen LogP contribution in [0, 0.1) is 13.8 Å². The van der Waals surface area contributed by atoms with Gasteiger partial charge in [-0.3, -0.25) is 9.13 Å². The third-order valence-electron chi connectivity index (χ3n) is 11.1. The summed E-state index contributed by atoms with van der Waals surface area (Å²) in [6.07, 6.45) is 7.19. The summed E-state index contributed by atoms with van der Waals surface area (Å²) in [5, 5.41) is 6.79. The number of aryl methyl sites for hydroxylation is 2. The summed E-state index contributed by atoms with van der Waals surface area (Å²) in [7, 11) is 0. The minimum atomic E-state index is 0.101. The third-order valence-corrected chi connectivity index (χ3v) is 11.1. The van der Waals surface area contributed by atoms with E-state index < -0.39 is 0 Å². The lowest BCUT2D eigenvalue weighted by Gasteiger charge is -2.15. The number of hydrogen-bond acceptors (Lipinski definition) is 8. The normalized spacial score (nSPS) is 12.1. The fraction of sp³-hybridized carbons (Fsp3) is 0.115. The number of rotatable bonds is 10. The molecule has 62 heavy (non-hydrogen) atoms. The van der Waals surface area contributed by atoms with Gasteiger partial charge < -0.3 is 10.6 Å². The first-order valence-corrected chi connectivity index (χ1v) is 20.7. The molecule has 2 N–H and O–H groups in total. The maximum Gasteiger partial charge on any atom is 0.225 e. The van der Waals surface area contributed by atoms with Crippen molar-refractivity contribution in [2.75, 3.05) is 10.6 Å². The van der Waals surface area contributed by atoms with Crippen molar-refractivity contribution < 1.29 is 0 Å². The predicted molar refractivity (Wildman–Crippen MR) is 251 cm³/mol. The van der Waals surface area contributed by atoms with E-state index >= 15 is 0 Å². The minimum Gasteiger partial charge on any atom is -0.348 e. The van der Waals surface area contributed by atoms with Crippen LogP contribution in [-0.4, -0.2) is 39.0 Å². The summed E-state index contributed by atoms with van der Waals surface area (Å²) in [6, 6.07) is 54.1. The van der Waals surface area contributed by atoms with Crippen LogP contribution in [0.25, 0.3) is 56.0 Å². The molecule has 0 aliphatic rings. The van der Waals surface area contributed by atoms with Crippen LogP contribution < -0.4 is 10.6 Å². The maximum absolute atomic E-state index is 4.75. The Balaban J connectivity index is 0.000000158. The van der Waals surface area contributed by atoms with E-state index in [9.17, 15) is 0 Å². The smallest absolute Gasteiger partial charge is 0.225 e. The number of hydrogen-bond donors (Lipinski definition) is 2. The lowest BCUT2D eigenvalue weighted by Crippen LogP contribution is -2.10. The van der Waals surface area contributed by atoms with Gasteiger partial charge in [0, 0.05) is 12.4 Å². The molecular formula is C52H46N10. The van der Waals surface area contributed by atoms with Crippen LogP contribution in [0.2, 0.25) is 0 Å². The SMILES string of the molecule is Cc1ccccc1-c1ccc2c(c1)ncn2-c1ccnc(N[C@@H](C)c2ccccc2)n1.Cc1ccccc1-c1ccc2ncn(-c3ccnc(N[C@@H](C)c4ccccc4)n3)c2c1. The molecule has 4 heterocycles. The molecule has 4 aromatic heterocycles. The summed E-state index contributed by atoms with van der Waals surface area (Å²) in [6.45, 7) is 8.47. The molecule has 2 atom stereocenters. The molecule has 0 aliphatic heterocycles. The van der Waals surface area contributed by atoms with Crippen LogP contribution in [-0.2, 0) is 0 Å². The molecule has 0 amide bonds.